The van der Waals surface area contributed by atoms with E-state index in [0.717, 1.165) is 11.1 Å². The van der Waals surface area contributed by atoms with Crippen LogP contribution in [0, 0.1) is 0 Å². The van der Waals surface area contributed by atoms with E-state index < -0.39 is 11.6 Å². The molecule has 0 radical (unpaired) electrons. The lowest BCUT2D eigenvalue weighted by molar-refractivity contribution is -0.178. The Morgan fingerprint density at radius 2 is 2.29 bits per heavy atom. The number of hydrogen-bond donors (Lipinski definition) is 0. The molecular formula is C13H15ClO3. The van der Waals surface area contributed by atoms with E-state index in [4.69, 9.17) is 21.1 Å². The predicted octanol–water partition coefficient (Wildman–Crippen LogP) is 2.69. The number of carbonyl (C=O) groups is 1. The van der Waals surface area contributed by atoms with E-state index in [0.29, 0.717) is 11.4 Å². The van der Waals surface area contributed by atoms with Gasteiger partial charge < -0.3 is 9.47 Å². The third kappa shape index (κ3) is 1.94. The highest BCUT2D eigenvalue weighted by Crippen LogP contribution is 2.39. The molecule has 0 bridgehead atoms. The molecule has 0 saturated heterocycles. The number of hydrogen-bond acceptors (Lipinski definition) is 3. The van der Waals surface area contributed by atoms with Gasteiger partial charge >= 0.3 is 5.97 Å². The van der Waals surface area contributed by atoms with Gasteiger partial charge in [0.25, 0.3) is 0 Å². The highest BCUT2D eigenvalue weighted by atomic mass is 35.5. The molecule has 2 rings (SSSR count). The van der Waals surface area contributed by atoms with Crippen molar-refractivity contribution in [3.05, 3.63) is 34.3 Å². The van der Waals surface area contributed by atoms with Crippen molar-refractivity contribution in [3.63, 3.8) is 0 Å². The molecule has 1 heterocycles. The van der Waals surface area contributed by atoms with Gasteiger partial charge in [-0.3, -0.25) is 0 Å². The molecule has 0 N–H and O–H groups in total. The smallest absolute Gasteiger partial charge is 0.342 e. The van der Waals surface area contributed by atoms with E-state index in [-0.39, 0.29) is 6.10 Å². The molecule has 0 spiro atoms. The van der Waals surface area contributed by atoms with E-state index >= 15 is 0 Å². The molecule has 2 unspecified atom stereocenters. The van der Waals surface area contributed by atoms with Gasteiger partial charge in [0, 0.05) is 11.4 Å². The fraction of sp³-hybridized carbons (Fsp3) is 0.462. The first-order valence-electron chi connectivity index (χ1n) is 5.53. The van der Waals surface area contributed by atoms with Crippen LogP contribution in [0.5, 0.6) is 0 Å². The van der Waals surface area contributed by atoms with Crippen LogP contribution in [-0.2, 0) is 26.3 Å². The minimum atomic E-state index is -1.06. The van der Waals surface area contributed by atoms with Crippen molar-refractivity contribution in [2.45, 2.75) is 32.0 Å². The zero-order valence-corrected chi connectivity index (χ0v) is 10.9. The number of carbonyl (C=O) groups excluding carboxylic acids is 1. The summed E-state index contributed by atoms with van der Waals surface area (Å²) in [7, 11) is 1.36. The minimum Gasteiger partial charge on any atom is -0.467 e. The summed E-state index contributed by atoms with van der Waals surface area (Å²) in [4.78, 5) is 11.9. The maximum absolute atomic E-state index is 11.9. The Bertz CT molecular complexity index is 458. The van der Waals surface area contributed by atoms with Gasteiger partial charge in [-0.25, -0.2) is 4.79 Å². The van der Waals surface area contributed by atoms with Gasteiger partial charge in [0.1, 0.15) is 0 Å². The lowest BCUT2D eigenvalue weighted by Crippen LogP contribution is -2.44. The van der Waals surface area contributed by atoms with Crippen LogP contribution in [0.4, 0.5) is 0 Å². The van der Waals surface area contributed by atoms with Crippen LogP contribution in [-0.4, -0.2) is 19.2 Å². The molecular weight excluding hydrogens is 240 g/mol. The second kappa shape index (κ2) is 4.31. The fourth-order valence-corrected chi connectivity index (χ4v) is 2.61. The first kappa shape index (κ1) is 12.4. The van der Waals surface area contributed by atoms with E-state index in [1.54, 1.807) is 6.92 Å². The Balaban J connectivity index is 2.59. The Morgan fingerprint density at radius 1 is 1.59 bits per heavy atom. The van der Waals surface area contributed by atoms with Gasteiger partial charge in [0.05, 0.1) is 13.2 Å². The van der Waals surface area contributed by atoms with Crippen molar-refractivity contribution in [1.82, 2.24) is 0 Å². The first-order chi connectivity index (χ1) is 7.99. The standard InChI is InChI=1S/C13H15ClO3/c1-8-7-9-10(5-4-6-11(9)14)13(2,17-8)12(15)16-3/h4-6,8H,7H2,1-3H3. The maximum Gasteiger partial charge on any atom is 0.342 e. The highest BCUT2D eigenvalue weighted by Gasteiger charge is 2.44. The SMILES string of the molecule is COC(=O)C1(C)OC(C)Cc2c(Cl)cccc21. The van der Waals surface area contributed by atoms with Gasteiger partial charge in [-0.15, -0.1) is 0 Å². The molecule has 0 amide bonds. The number of fused-ring (bicyclic) bond motifs is 1. The van der Waals surface area contributed by atoms with Crippen LogP contribution in [0.15, 0.2) is 18.2 Å². The summed E-state index contributed by atoms with van der Waals surface area (Å²) in [5.41, 5.74) is 0.711. The predicted molar refractivity (Wildman–Crippen MR) is 65.1 cm³/mol. The topological polar surface area (TPSA) is 35.5 Å². The molecule has 17 heavy (non-hydrogen) atoms. The monoisotopic (exact) mass is 254 g/mol. The zero-order valence-electron chi connectivity index (χ0n) is 10.1. The van der Waals surface area contributed by atoms with Crippen LogP contribution in [0.25, 0.3) is 0 Å². The van der Waals surface area contributed by atoms with E-state index in [9.17, 15) is 4.79 Å². The van der Waals surface area contributed by atoms with Gasteiger partial charge in [-0.05, 0) is 31.0 Å². The Hall–Kier alpha value is -1.06. The summed E-state index contributed by atoms with van der Waals surface area (Å²) in [5, 5.41) is 0.674. The van der Waals surface area contributed by atoms with Crippen molar-refractivity contribution in [1.29, 1.82) is 0 Å². The molecule has 4 heteroatoms. The van der Waals surface area contributed by atoms with Crippen LogP contribution in [0.1, 0.15) is 25.0 Å². The van der Waals surface area contributed by atoms with Crippen molar-refractivity contribution in [2.24, 2.45) is 0 Å². The van der Waals surface area contributed by atoms with Gasteiger partial charge in [0.15, 0.2) is 5.60 Å². The van der Waals surface area contributed by atoms with Gasteiger partial charge in [0.2, 0.25) is 0 Å². The Kier molecular flexibility index (Phi) is 3.15. The average Bonchev–Trinajstić information content (AvgIpc) is 2.29. The lowest BCUT2D eigenvalue weighted by atomic mass is 9.86. The molecule has 0 fully saturated rings. The van der Waals surface area contributed by atoms with Crippen LogP contribution >= 0.6 is 11.6 Å². The summed E-state index contributed by atoms with van der Waals surface area (Å²) in [6.07, 6.45) is 0.646. The Morgan fingerprint density at radius 3 is 2.94 bits per heavy atom. The number of rotatable bonds is 1. The van der Waals surface area contributed by atoms with Gasteiger partial charge in [-0.2, -0.15) is 0 Å². The highest BCUT2D eigenvalue weighted by molar-refractivity contribution is 6.31. The normalized spacial score (nSPS) is 27.4. The molecule has 0 saturated carbocycles. The zero-order chi connectivity index (χ0) is 12.6. The lowest BCUT2D eigenvalue weighted by Gasteiger charge is -2.37. The molecule has 0 aromatic heterocycles. The number of halogens is 1. The van der Waals surface area contributed by atoms with Crippen molar-refractivity contribution in [2.75, 3.05) is 7.11 Å². The van der Waals surface area contributed by atoms with Crippen molar-refractivity contribution in [3.8, 4) is 0 Å². The average molecular weight is 255 g/mol. The fourth-order valence-electron chi connectivity index (χ4n) is 2.36. The summed E-state index contributed by atoms with van der Waals surface area (Å²) in [5.74, 6) is -0.396. The molecule has 2 atom stereocenters. The second-order valence-electron chi connectivity index (χ2n) is 4.42. The quantitative estimate of drug-likeness (QED) is 0.723. The first-order valence-corrected chi connectivity index (χ1v) is 5.91. The third-order valence-corrected chi connectivity index (χ3v) is 3.49. The van der Waals surface area contributed by atoms with E-state index in [2.05, 4.69) is 0 Å². The molecule has 1 aromatic carbocycles. The third-order valence-electron chi connectivity index (χ3n) is 3.14. The Labute approximate surface area is 106 Å². The maximum atomic E-state index is 11.9. The second-order valence-corrected chi connectivity index (χ2v) is 4.83. The van der Waals surface area contributed by atoms with Crippen LogP contribution in [0.3, 0.4) is 0 Å². The number of methoxy groups -OCH3 is 1. The number of ether oxygens (including phenoxy) is 2. The molecule has 3 nitrogen and oxygen atoms in total. The molecule has 1 aliphatic rings. The molecule has 0 aliphatic carbocycles. The number of esters is 1. The van der Waals surface area contributed by atoms with Crippen LogP contribution < -0.4 is 0 Å². The molecule has 1 aliphatic heterocycles. The summed E-state index contributed by atoms with van der Waals surface area (Å²) in [6.45, 7) is 3.65. The van der Waals surface area contributed by atoms with E-state index in [1.165, 1.54) is 7.11 Å². The van der Waals surface area contributed by atoms with Gasteiger partial charge in [-0.1, -0.05) is 23.7 Å². The summed E-state index contributed by atoms with van der Waals surface area (Å²) < 4.78 is 10.6. The van der Waals surface area contributed by atoms with Crippen molar-refractivity contribution >= 4 is 17.6 Å². The van der Waals surface area contributed by atoms with Crippen LogP contribution in [0.2, 0.25) is 5.02 Å². The molecule has 1 aromatic rings. The molecule has 92 valence electrons. The minimum absolute atomic E-state index is 0.0634. The largest absolute Gasteiger partial charge is 0.467 e. The van der Waals surface area contributed by atoms with Crippen molar-refractivity contribution < 1.29 is 14.3 Å². The summed E-state index contributed by atoms with van der Waals surface area (Å²) in [6, 6.07) is 5.52. The summed E-state index contributed by atoms with van der Waals surface area (Å²) >= 11 is 6.17. The van der Waals surface area contributed by atoms with E-state index in [1.807, 2.05) is 25.1 Å². The number of benzene rings is 1.